The Morgan fingerprint density at radius 1 is 1.16 bits per heavy atom. The van der Waals surface area contributed by atoms with Crippen molar-refractivity contribution in [3.05, 3.63) is 12.2 Å². The molecule has 1 saturated carbocycles. The standard InChI is InChI=1S/C17H31NO/c1-18-14-17(18)12-11-15(7-8-16-9-10-16)6-4-2-3-5-13-19/h7-8,15-17,19H,2-6,9-14H2,1H3/b8-7-. The van der Waals surface area contributed by atoms with Crippen molar-refractivity contribution in [1.29, 1.82) is 0 Å². The van der Waals surface area contributed by atoms with Gasteiger partial charge in [0.2, 0.25) is 0 Å². The maximum absolute atomic E-state index is 8.79. The predicted molar refractivity (Wildman–Crippen MR) is 81.2 cm³/mol. The summed E-state index contributed by atoms with van der Waals surface area (Å²) in [4.78, 5) is 2.45. The topological polar surface area (TPSA) is 23.2 Å². The zero-order valence-corrected chi connectivity index (χ0v) is 12.6. The summed E-state index contributed by atoms with van der Waals surface area (Å²) in [5.74, 6) is 1.73. The van der Waals surface area contributed by atoms with Gasteiger partial charge in [0.25, 0.3) is 0 Å². The highest BCUT2D eigenvalue weighted by Crippen LogP contribution is 2.32. The summed E-state index contributed by atoms with van der Waals surface area (Å²) in [5, 5.41) is 8.79. The number of aliphatic hydroxyl groups is 1. The molecule has 0 aromatic rings. The summed E-state index contributed by atoms with van der Waals surface area (Å²) < 4.78 is 0. The van der Waals surface area contributed by atoms with Crippen LogP contribution in [-0.4, -0.2) is 36.2 Å². The maximum Gasteiger partial charge on any atom is 0.0431 e. The quantitative estimate of drug-likeness (QED) is 0.350. The molecule has 0 amide bonds. The molecule has 0 radical (unpaired) electrons. The number of likely N-dealkylation sites (N-methyl/N-ethyl adjacent to an activating group) is 1. The van der Waals surface area contributed by atoms with Gasteiger partial charge in [0.05, 0.1) is 0 Å². The van der Waals surface area contributed by atoms with Crippen LogP contribution in [-0.2, 0) is 0 Å². The number of rotatable bonds is 11. The van der Waals surface area contributed by atoms with E-state index in [2.05, 4.69) is 24.1 Å². The van der Waals surface area contributed by atoms with Crippen molar-refractivity contribution in [3.63, 3.8) is 0 Å². The molecule has 1 aliphatic carbocycles. The largest absolute Gasteiger partial charge is 0.396 e. The Bertz CT molecular complexity index is 272. The summed E-state index contributed by atoms with van der Waals surface area (Å²) in [6.07, 6.45) is 16.8. The van der Waals surface area contributed by atoms with E-state index in [1.807, 2.05) is 0 Å². The summed E-state index contributed by atoms with van der Waals surface area (Å²) >= 11 is 0. The molecule has 0 aromatic carbocycles. The predicted octanol–water partition coefficient (Wildman–Crippen LogP) is 3.61. The number of aliphatic hydroxyl groups excluding tert-OH is 1. The van der Waals surface area contributed by atoms with Crippen LogP contribution in [0.2, 0.25) is 0 Å². The Balaban J connectivity index is 1.60. The van der Waals surface area contributed by atoms with Crippen LogP contribution in [0, 0.1) is 11.8 Å². The van der Waals surface area contributed by atoms with Crippen LogP contribution in [0.4, 0.5) is 0 Å². The zero-order chi connectivity index (χ0) is 13.5. The van der Waals surface area contributed by atoms with Crippen molar-refractivity contribution < 1.29 is 5.11 Å². The van der Waals surface area contributed by atoms with E-state index in [-0.39, 0.29) is 0 Å². The highest BCUT2D eigenvalue weighted by molar-refractivity contribution is 4.99. The number of allylic oxidation sites excluding steroid dienone is 2. The van der Waals surface area contributed by atoms with Crippen molar-refractivity contribution in [2.24, 2.45) is 11.8 Å². The van der Waals surface area contributed by atoms with Crippen LogP contribution in [0.1, 0.15) is 57.8 Å². The van der Waals surface area contributed by atoms with Crippen molar-refractivity contribution in [2.45, 2.75) is 63.8 Å². The molecular formula is C17H31NO. The SMILES string of the molecule is CN1CC1CCC(/C=C\C1CC1)CCCCCCO. The second-order valence-electron chi connectivity index (χ2n) is 6.58. The molecular weight excluding hydrogens is 234 g/mol. The van der Waals surface area contributed by atoms with Gasteiger partial charge in [-0.05, 0) is 57.4 Å². The van der Waals surface area contributed by atoms with Gasteiger partial charge in [-0.3, -0.25) is 0 Å². The average Bonchev–Trinajstić information content (AvgIpc) is 3.30. The minimum atomic E-state index is 0.360. The van der Waals surface area contributed by atoms with Gasteiger partial charge in [-0.15, -0.1) is 0 Å². The summed E-state index contributed by atoms with van der Waals surface area (Å²) in [6.45, 7) is 1.68. The molecule has 2 aliphatic rings. The van der Waals surface area contributed by atoms with E-state index in [0.29, 0.717) is 6.61 Å². The molecule has 19 heavy (non-hydrogen) atoms. The first-order chi connectivity index (χ1) is 9.29. The van der Waals surface area contributed by atoms with Crippen molar-refractivity contribution in [3.8, 4) is 0 Å². The lowest BCUT2D eigenvalue weighted by molar-refractivity contribution is 0.282. The Labute approximate surface area is 118 Å². The Morgan fingerprint density at radius 3 is 2.53 bits per heavy atom. The van der Waals surface area contributed by atoms with Crippen LogP contribution in [0.3, 0.4) is 0 Å². The molecule has 1 N–H and O–H groups in total. The van der Waals surface area contributed by atoms with E-state index in [1.165, 1.54) is 57.9 Å². The maximum atomic E-state index is 8.79. The second-order valence-corrected chi connectivity index (χ2v) is 6.58. The van der Waals surface area contributed by atoms with Crippen LogP contribution in [0.25, 0.3) is 0 Å². The van der Waals surface area contributed by atoms with Crippen molar-refractivity contribution in [2.75, 3.05) is 20.2 Å². The van der Waals surface area contributed by atoms with E-state index in [4.69, 9.17) is 5.11 Å². The van der Waals surface area contributed by atoms with Crippen LogP contribution >= 0.6 is 0 Å². The molecule has 0 aromatic heterocycles. The van der Waals surface area contributed by atoms with Gasteiger partial charge < -0.3 is 10.0 Å². The van der Waals surface area contributed by atoms with E-state index in [9.17, 15) is 0 Å². The molecule has 0 bridgehead atoms. The fourth-order valence-electron chi connectivity index (χ4n) is 2.82. The van der Waals surface area contributed by atoms with Crippen molar-refractivity contribution >= 4 is 0 Å². The number of hydrogen-bond acceptors (Lipinski definition) is 2. The molecule has 2 heteroatoms. The van der Waals surface area contributed by atoms with Crippen LogP contribution in [0.15, 0.2) is 12.2 Å². The number of hydrogen-bond donors (Lipinski definition) is 1. The first kappa shape index (κ1) is 15.1. The molecule has 2 rings (SSSR count). The average molecular weight is 265 g/mol. The molecule has 0 spiro atoms. The summed E-state index contributed by atoms with van der Waals surface area (Å²) in [7, 11) is 2.23. The second kappa shape index (κ2) is 8.06. The fraction of sp³-hybridized carbons (Fsp3) is 0.882. The third kappa shape index (κ3) is 6.58. The van der Waals surface area contributed by atoms with Gasteiger partial charge >= 0.3 is 0 Å². The van der Waals surface area contributed by atoms with E-state index < -0.39 is 0 Å². The van der Waals surface area contributed by atoms with Crippen LogP contribution in [0.5, 0.6) is 0 Å². The van der Waals surface area contributed by atoms with Gasteiger partial charge in [-0.25, -0.2) is 0 Å². The van der Waals surface area contributed by atoms with Gasteiger partial charge in [0.1, 0.15) is 0 Å². The van der Waals surface area contributed by atoms with E-state index in [0.717, 1.165) is 24.3 Å². The van der Waals surface area contributed by atoms with Gasteiger partial charge in [0, 0.05) is 19.2 Å². The lowest BCUT2D eigenvalue weighted by atomic mass is 9.94. The highest BCUT2D eigenvalue weighted by Gasteiger charge is 2.29. The van der Waals surface area contributed by atoms with E-state index in [1.54, 1.807) is 0 Å². The summed E-state index contributed by atoms with van der Waals surface area (Å²) in [6, 6.07) is 0.881. The lowest BCUT2D eigenvalue weighted by Gasteiger charge is -2.12. The zero-order valence-electron chi connectivity index (χ0n) is 12.6. The minimum Gasteiger partial charge on any atom is -0.396 e. The smallest absolute Gasteiger partial charge is 0.0431 e. The normalized spacial score (nSPS) is 27.9. The highest BCUT2D eigenvalue weighted by atomic mass is 16.2. The van der Waals surface area contributed by atoms with Gasteiger partial charge in [-0.2, -0.15) is 0 Å². The monoisotopic (exact) mass is 265 g/mol. The molecule has 2 nitrogen and oxygen atoms in total. The number of nitrogens with zero attached hydrogens (tertiary/aromatic N) is 1. The minimum absolute atomic E-state index is 0.360. The fourth-order valence-corrected chi connectivity index (χ4v) is 2.82. The van der Waals surface area contributed by atoms with Crippen molar-refractivity contribution in [1.82, 2.24) is 4.90 Å². The lowest BCUT2D eigenvalue weighted by Crippen LogP contribution is -2.02. The third-order valence-corrected chi connectivity index (χ3v) is 4.62. The van der Waals surface area contributed by atoms with Gasteiger partial charge in [0.15, 0.2) is 0 Å². The Hall–Kier alpha value is -0.340. The Morgan fingerprint density at radius 2 is 1.89 bits per heavy atom. The summed E-state index contributed by atoms with van der Waals surface area (Å²) in [5.41, 5.74) is 0. The molecule has 1 aliphatic heterocycles. The molecule has 110 valence electrons. The first-order valence-electron chi connectivity index (χ1n) is 8.29. The Kier molecular flexibility index (Phi) is 6.39. The third-order valence-electron chi connectivity index (χ3n) is 4.62. The van der Waals surface area contributed by atoms with Crippen LogP contribution < -0.4 is 0 Å². The molecule has 3 atom stereocenters. The first-order valence-corrected chi connectivity index (χ1v) is 8.29. The van der Waals surface area contributed by atoms with E-state index >= 15 is 0 Å². The van der Waals surface area contributed by atoms with Gasteiger partial charge in [-0.1, -0.05) is 31.4 Å². The molecule has 3 unspecified atom stereocenters. The number of unbranched alkanes of at least 4 members (excludes halogenated alkanes) is 3. The molecule has 1 saturated heterocycles. The molecule has 1 heterocycles. The molecule has 2 fully saturated rings.